The Morgan fingerprint density at radius 2 is 2.20 bits per heavy atom. The van der Waals surface area contributed by atoms with Crippen molar-refractivity contribution < 1.29 is 4.84 Å². The maximum absolute atomic E-state index is 5.26. The van der Waals surface area contributed by atoms with Crippen LogP contribution in [0.3, 0.4) is 0 Å². The van der Waals surface area contributed by atoms with Crippen molar-refractivity contribution in [3.05, 3.63) is 29.8 Å². The molecule has 0 spiro atoms. The fourth-order valence-corrected chi connectivity index (χ4v) is 1.18. The van der Waals surface area contributed by atoms with Gasteiger partial charge in [-0.2, -0.15) is 0 Å². The summed E-state index contributed by atoms with van der Waals surface area (Å²) in [4.78, 5) is 5.26. The zero-order chi connectivity index (χ0) is 6.97. The number of hydroxylamine groups is 1. The highest BCUT2D eigenvalue weighted by atomic mass is 16.7. The third kappa shape index (κ3) is 0.693. The molecular formula is C8H9NO. The minimum atomic E-state index is 0.715. The molecule has 0 bridgehead atoms. The number of fused-ring (bicyclic) bond motifs is 1. The Labute approximate surface area is 60.0 Å². The summed E-state index contributed by atoms with van der Waals surface area (Å²) in [5, 5.41) is 1.80. The van der Waals surface area contributed by atoms with Crippen LogP contribution in [-0.2, 0) is 11.4 Å². The van der Waals surface area contributed by atoms with E-state index in [1.807, 2.05) is 19.2 Å². The summed E-state index contributed by atoms with van der Waals surface area (Å²) in [7, 11) is 1.92. The molecule has 0 fully saturated rings. The second kappa shape index (κ2) is 1.99. The predicted octanol–water partition coefficient (Wildman–Crippen LogP) is 1.57. The Kier molecular flexibility index (Phi) is 1.14. The van der Waals surface area contributed by atoms with Gasteiger partial charge in [-0.3, -0.25) is 9.90 Å². The lowest BCUT2D eigenvalue weighted by Gasteiger charge is -2.08. The van der Waals surface area contributed by atoms with Crippen molar-refractivity contribution in [3.8, 4) is 0 Å². The molecule has 2 heteroatoms. The van der Waals surface area contributed by atoms with Crippen molar-refractivity contribution >= 4 is 5.69 Å². The number of para-hydroxylation sites is 1. The van der Waals surface area contributed by atoms with E-state index in [2.05, 4.69) is 12.1 Å². The van der Waals surface area contributed by atoms with Gasteiger partial charge < -0.3 is 0 Å². The van der Waals surface area contributed by atoms with Crippen molar-refractivity contribution in [2.75, 3.05) is 12.1 Å². The Morgan fingerprint density at radius 1 is 1.40 bits per heavy atom. The van der Waals surface area contributed by atoms with E-state index in [9.17, 15) is 0 Å². The molecule has 0 aromatic heterocycles. The molecule has 0 aliphatic carbocycles. The average molecular weight is 135 g/mol. The van der Waals surface area contributed by atoms with E-state index >= 15 is 0 Å². The highest BCUT2D eigenvalue weighted by molar-refractivity contribution is 5.52. The molecule has 2 rings (SSSR count). The minimum absolute atomic E-state index is 0.715. The second-order valence-electron chi connectivity index (χ2n) is 2.40. The SMILES string of the molecule is CN1OCc2ccccc21. The Bertz CT molecular complexity index is 247. The Hall–Kier alpha value is -1.02. The van der Waals surface area contributed by atoms with E-state index in [0.29, 0.717) is 6.61 Å². The molecule has 52 valence electrons. The zero-order valence-corrected chi connectivity index (χ0v) is 5.87. The van der Waals surface area contributed by atoms with Gasteiger partial charge in [-0.1, -0.05) is 18.2 Å². The molecule has 0 saturated carbocycles. The molecule has 1 aromatic carbocycles. The molecule has 1 aliphatic rings. The van der Waals surface area contributed by atoms with Crippen molar-refractivity contribution in [2.45, 2.75) is 6.61 Å². The van der Waals surface area contributed by atoms with Crippen LogP contribution in [0.2, 0.25) is 0 Å². The van der Waals surface area contributed by atoms with E-state index < -0.39 is 0 Å². The molecule has 0 radical (unpaired) electrons. The molecule has 1 heterocycles. The van der Waals surface area contributed by atoms with Gasteiger partial charge in [-0.05, 0) is 6.07 Å². The first kappa shape index (κ1) is 5.74. The molecular weight excluding hydrogens is 126 g/mol. The van der Waals surface area contributed by atoms with Crippen molar-refractivity contribution in [1.82, 2.24) is 0 Å². The van der Waals surface area contributed by atoms with Crippen LogP contribution >= 0.6 is 0 Å². The van der Waals surface area contributed by atoms with E-state index in [0.717, 1.165) is 0 Å². The van der Waals surface area contributed by atoms with E-state index in [-0.39, 0.29) is 0 Å². The minimum Gasteiger partial charge on any atom is -0.269 e. The number of rotatable bonds is 0. The molecule has 0 saturated heterocycles. The maximum Gasteiger partial charge on any atom is 0.102 e. The highest BCUT2D eigenvalue weighted by Gasteiger charge is 2.14. The lowest BCUT2D eigenvalue weighted by atomic mass is 10.2. The van der Waals surface area contributed by atoms with Crippen LogP contribution in [0.25, 0.3) is 0 Å². The third-order valence-corrected chi connectivity index (χ3v) is 1.74. The van der Waals surface area contributed by atoms with Crippen LogP contribution in [0.15, 0.2) is 24.3 Å². The zero-order valence-electron chi connectivity index (χ0n) is 5.87. The molecule has 1 aromatic rings. The number of hydrogen-bond donors (Lipinski definition) is 0. The van der Waals surface area contributed by atoms with Crippen molar-refractivity contribution in [2.24, 2.45) is 0 Å². The van der Waals surface area contributed by atoms with Gasteiger partial charge in [0, 0.05) is 12.6 Å². The monoisotopic (exact) mass is 135 g/mol. The third-order valence-electron chi connectivity index (χ3n) is 1.74. The lowest BCUT2D eigenvalue weighted by Crippen LogP contribution is -2.09. The summed E-state index contributed by atoms with van der Waals surface area (Å²) in [5.74, 6) is 0. The van der Waals surface area contributed by atoms with Gasteiger partial charge in [0.1, 0.15) is 6.61 Å². The van der Waals surface area contributed by atoms with Crippen LogP contribution in [0, 0.1) is 0 Å². The smallest absolute Gasteiger partial charge is 0.102 e. The predicted molar refractivity (Wildman–Crippen MR) is 39.6 cm³/mol. The average Bonchev–Trinajstić information content (AvgIpc) is 2.34. The molecule has 1 aliphatic heterocycles. The van der Waals surface area contributed by atoms with Gasteiger partial charge in [-0.15, -0.1) is 0 Å². The number of nitrogens with zero attached hydrogens (tertiary/aromatic N) is 1. The summed E-state index contributed by atoms with van der Waals surface area (Å²) in [5.41, 5.74) is 2.45. The summed E-state index contributed by atoms with van der Waals surface area (Å²) in [6.07, 6.45) is 0. The first-order chi connectivity index (χ1) is 4.88. The molecule has 2 nitrogen and oxygen atoms in total. The molecule has 0 N–H and O–H groups in total. The quantitative estimate of drug-likeness (QED) is 0.535. The summed E-state index contributed by atoms with van der Waals surface area (Å²) >= 11 is 0. The largest absolute Gasteiger partial charge is 0.269 e. The van der Waals surface area contributed by atoms with Crippen LogP contribution < -0.4 is 5.06 Å². The fraction of sp³-hybridized carbons (Fsp3) is 0.250. The van der Waals surface area contributed by atoms with Gasteiger partial charge in [0.05, 0.1) is 5.69 Å². The highest BCUT2D eigenvalue weighted by Crippen LogP contribution is 2.26. The molecule has 10 heavy (non-hydrogen) atoms. The number of benzene rings is 1. The Balaban J connectivity index is 2.51. The second-order valence-corrected chi connectivity index (χ2v) is 2.40. The number of anilines is 1. The fourth-order valence-electron chi connectivity index (χ4n) is 1.18. The summed E-state index contributed by atoms with van der Waals surface area (Å²) < 4.78 is 0. The van der Waals surface area contributed by atoms with E-state index in [4.69, 9.17) is 4.84 Å². The maximum atomic E-state index is 5.26. The summed E-state index contributed by atoms with van der Waals surface area (Å²) in [6, 6.07) is 8.19. The normalized spacial score (nSPS) is 15.5. The van der Waals surface area contributed by atoms with E-state index in [1.54, 1.807) is 5.06 Å². The summed E-state index contributed by atoms with van der Waals surface area (Å²) in [6.45, 7) is 0.715. The van der Waals surface area contributed by atoms with Crippen molar-refractivity contribution in [3.63, 3.8) is 0 Å². The van der Waals surface area contributed by atoms with Crippen molar-refractivity contribution in [1.29, 1.82) is 0 Å². The van der Waals surface area contributed by atoms with Gasteiger partial charge in [0.25, 0.3) is 0 Å². The van der Waals surface area contributed by atoms with Crippen LogP contribution in [0.1, 0.15) is 5.56 Å². The lowest BCUT2D eigenvalue weighted by molar-refractivity contribution is 0.131. The van der Waals surface area contributed by atoms with Gasteiger partial charge >= 0.3 is 0 Å². The van der Waals surface area contributed by atoms with E-state index in [1.165, 1.54) is 11.3 Å². The van der Waals surface area contributed by atoms with Gasteiger partial charge in [0.15, 0.2) is 0 Å². The standard InChI is InChI=1S/C8H9NO/c1-9-8-5-3-2-4-7(8)6-10-9/h2-5H,6H2,1H3. The number of hydrogen-bond acceptors (Lipinski definition) is 2. The van der Waals surface area contributed by atoms with Crippen LogP contribution in [0.4, 0.5) is 5.69 Å². The van der Waals surface area contributed by atoms with Crippen LogP contribution in [0.5, 0.6) is 0 Å². The Morgan fingerprint density at radius 3 is 3.00 bits per heavy atom. The molecule has 0 atom stereocenters. The van der Waals surface area contributed by atoms with Gasteiger partial charge in [-0.25, -0.2) is 0 Å². The first-order valence-corrected chi connectivity index (χ1v) is 3.32. The van der Waals surface area contributed by atoms with Crippen LogP contribution in [-0.4, -0.2) is 7.05 Å². The molecule has 0 unspecified atom stereocenters. The molecule has 0 amide bonds. The first-order valence-electron chi connectivity index (χ1n) is 3.32. The van der Waals surface area contributed by atoms with Gasteiger partial charge in [0.2, 0.25) is 0 Å². The topological polar surface area (TPSA) is 12.5 Å².